The molecular weight excluding hydrogens is 268 g/mol. The Morgan fingerprint density at radius 1 is 1.22 bits per heavy atom. The maximum Gasteiger partial charge on any atom is 0.215 e. The first kappa shape index (κ1) is 18.2. The average molecular weight is 297 g/mol. The van der Waals surface area contributed by atoms with Gasteiger partial charge >= 0.3 is 0 Å². The minimum atomic E-state index is -3.22. The van der Waals surface area contributed by atoms with Gasteiger partial charge in [0.1, 0.15) is 0 Å². The van der Waals surface area contributed by atoms with Crippen molar-refractivity contribution in [2.45, 2.75) is 50.5 Å². The van der Waals surface area contributed by atoms with Crippen LogP contribution in [0.5, 0.6) is 0 Å². The highest BCUT2D eigenvalue weighted by Crippen LogP contribution is 2.29. The van der Waals surface area contributed by atoms with Crippen molar-refractivity contribution in [1.82, 2.24) is 10.0 Å². The minimum absolute atomic E-state index is 0.0188. The van der Waals surface area contributed by atoms with Gasteiger partial charge in [0.25, 0.3) is 0 Å². The van der Waals surface area contributed by atoms with Crippen LogP contribution >= 0.6 is 11.8 Å². The predicted molar refractivity (Wildman–Crippen MR) is 81.8 cm³/mol. The topological polar surface area (TPSA) is 58.2 Å². The van der Waals surface area contributed by atoms with Crippen molar-refractivity contribution < 1.29 is 8.42 Å². The molecule has 0 aliphatic heterocycles. The fraction of sp³-hybridized carbons (Fsp3) is 1.00. The summed E-state index contributed by atoms with van der Waals surface area (Å²) in [5, 5.41) is 2.67. The second kappa shape index (κ2) is 8.40. The zero-order valence-corrected chi connectivity index (χ0v) is 13.9. The van der Waals surface area contributed by atoms with E-state index in [4.69, 9.17) is 0 Å². The SMILES string of the molecule is CCNCC(C)S(=O)(=O)NCC(CC)(CC)SC. The highest BCUT2D eigenvalue weighted by atomic mass is 32.2. The van der Waals surface area contributed by atoms with Gasteiger partial charge in [-0.05, 0) is 32.6 Å². The summed E-state index contributed by atoms with van der Waals surface area (Å²) in [6.07, 6.45) is 3.98. The van der Waals surface area contributed by atoms with Crippen LogP contribution in [0.1, 0.15) is 40.5 Å². The maximum atomic E-state index is 12.1. The minimum Gasteiger partial charge on any atom is -0.316 e. The first-order valence-corrected chi connectivity index (χ1v) is 9.38. The summed E-state index contributed by atoms with van der Waals surface area (Å²) < 4.78 is 26.9. The molecule has 0 aromatic carbocycles. The second-order valence-corrected chi connectivity index (χ2v) is 8.04. The molecule has 0 aromatic rings. The molecule has 18 heavy (non-hydrogen) atoms. The predicted octanol–water partition coefficient (Wildman–Crippen LogP) is 1.83. The lowest BCUT2D eigenvalue weighted by molar-refractivity contribution is 0.514. The number of rotatable bonds is 10. The van der Waals surface area contributed by atoms with E-state index in [2.05, 4.69) is 23.9 Å². The smallest absolute Gasteiger partial charge is 0.215 e. The molecule has 0 amide bonds. The highest BCUT2D eigenvalue weighted by molar-refractivity contribution is 8.00. The molecule has 0 rings (SSSR count). The summed E-state index contributed by atoms with van der Waals surface area (Å²) in [4.78, 5) is 0. The first-order chi connectivity index (χ1) is 8.37. The van der Waals surface area contributed by atoms with Crippen LogP contribution in [0.2, 0.25) is 0 Å². The monoisotopic (exact) mass is 296 g/mol. The number of sulfonamides is 1. The molecule has 0 aliphatic rings. The fourth-order valence-electron chi connectivity index (χ4n) is 1.69. The van der Waals surface area contributed by atoms with E-state index in [-0.39, 0.29) is 4.75 Å². The van der Waals surface area contributed by atoms with Crippen molar-refractivity contribution in [3.05, 3.63) is 0 Å². The van der Waals surface area contributed by atoms with Crippen molar-refractivity contribution in [2.24, 2.45) is 0 Å². The number of thioether (sulfide) groups is 1. The molecule has 0 saturated heterocycles. The standard InChI is InChI=1S/C12H28N2O2S2/c1-6-12(7-2,17-5)10-14-18(15,16)11(4)9-13-8-3/h11,13-14H,6-10H2,1-5H3. The average Bonchev–Trinajstić information content (AvgIpc) is 2.38. The van der Waals surface area contributed by atoms with E-state index in [0.717, 1.165) is 19.4 Å². The molecule has 2 N–H and O–H groups in total. The summed E-state index contributed by atoms with van der Waals surface area (Å²) in [5.41, 5.74) is 0. The van der Waals surface area contributed by atoms with Crippen LogP contribution in [0, 0.1) is 0 Å². The van der Waals surface area contributed by atoms with E-state index < -0.39 is 15.3 Å². The molecule has 1 atom stereocenters. The molecule has 0 bridgehead atoms. The fourth-order valence-corrected chi connectivity index (χ4v) is 3.68. The summed E-state index contributed by atoms with van der Waals surface area (Å²) in [7, 11) is -3.22. The van der Waals surface area contributed by atoms with E-state index in [9.17, 15) is 8.42 Å². The lowest BCUT2D eigenvalue weighted by atomic mass is 10.0. The normalized spacial score (nSPS) is 14.7. The van der Waals surface area contributed by atoms with E-state index in [1.54, 1.807) is 18.7 Å². The molecule has 0 aliphatic carbocycles. The maximum absolute atomic E-state index is 12.1. The van der Waals surface area contributed by atoms with Gasteiger partial charge in [0.15, 0.2) is 0 Å². The van der Waals surface area contributed by atoms with Gasteiger partial charge < -0.3 is 5.32 Å². The summed E-state index contributed by atoms with van der Waals surface area (Å²) in [6.45, 7) is 9.73. The Labute approximate surface area is 117 Å². The second-order valence-electron chi connectivity index (χ2n) is 4.58. The van der Waals surface area contributed by atoms with Crippen molar-refractivity contribution >= 4 is 21.8 Å². The Balaban J connectivity index is 4.49. The quantitative estimate of drug-likeness (QED) is 0.646. The largest absolute Gasteiger partial charge is 0.316 e. The third-order valence-electron chi connectivity index (χ3n) is 3.53. The van der Waals surface area contributed by atoms with Gasteiger partial charge in [-0.25, -0.2) is 13.1 Å². The van der Waals surface area contributed by atoms with Crippen molar-refractivity contribution in [3.8, 4) is 0 Å². The van der Waals surface area contributed by atoms with Crippen LogP contribution in [0.3, 0.4) is 0 Å². The van der Waals surface area contributed by atoms with E-state index in [1.807, 2.05) is 13.2 Å². The van der Waals surface area contributed by atoms with E-state index >= 15 is 0 Å². The molecule has 0 saturated carbocycles. The Morgan fingerprint density at radius 2 is 1.78 bits per heavy atom. The Bertz CT molecular complexity index is 306. The van der Waals surface area contributed by atoms with Crippen LogP contribution in [-0.2, 0) is 10.0 Å². The summed E-state index contributed by atoms with van der Waals surface area (Å²) >= 11 is 1.75. The summed E-state index contributed by atoms with van der Waals surface area (Å²) in [5.74, 6) is 0. The van der Waals surface area contributed by atoms with Gasteiger partial charge in [0.2, 0.25) is 10.0 Å². The third-order valence-corrected chi connectivity index (χ3v) is 6.89. The first-order valence-electron chi connectivity index (χ1n) is 6.61. The zero-order valence-electron chi connectivity index (χ0n) is 12.2. The van der Waals surface area contributed by atoms with Crippen molar-refractivity contribution in [3.63, 3.8) is 0 Å². The van der Waals surface area contributed by atoms with Gasteiger partial charge in [0.05, 0.1) is 5.25 Å². The molecule has 0 aromatic heterocycles. The van der Waals surface area contributed by atoms with Crippen LogP contribution < -0.4 is 10.0 Å². The molecular formula is C12H28N2O2S2. The lowest BCUT2D eigenvalue weighted by Crippen LogP contribution is -2.45. The Hall–Kier alpha value is 0.220. The third kappa shape index (κ3) is 5.47. The van der Waals surface area contributed by atoms with E-state index in [1.165, 1.54) is 0 Å². The molecule has 4 nitrogen and oxygen atoms in total. The van der Waals surface area contributed by atoms with Crippen LogP contribution in [0.4, 0.5) is 0 Å². The van der Waals surface area contributed by atoms with Gasteiger partial charge in [-0.1, -0.05) is 20.8 Å². The number of nitrogens with one attached hydrogen (secondary N) is 2. The molecule has 0 radical (unpaired) electrons. The lowest BCUT2D eigenvalue weighted by Gasteiger charge is -2.30. The van der Waals surface area contributed by atoms with Crippen molar-refractivity contribution in [2.75, 3.05) is 25.9 Å². The zero-order chi connectivity index (χ0) is 14.2. The Morgan fingerprint density at radius 3 is 2.17 bits per heavy atom. The van der Waals surface area contributed by atoms with Gasteiger partial charge in [-0.2, -0.15) is 11.8 Å². The molecule has 110 valence electrons. The van der Waals surface area contributed by atoms with Gasteiger partial charge in [-0.3, -0.25) is 0 Å². The van der Waals surface area contributed by atoms with Crippen LogP contribution in [0.25, 0.3) is 0 Å². The van der Waals surface area contributed by atoms with E-state index in [0.29, 0.717) is 13.1 Å². The molecule has 1 unspecified atom stereocenters. The summed E-state index contributed by atoms with van der Waals surface area (Å²) in [6, 6.07) is 0. The van der Waals surface area contributed by atoms with Gasteiger partial charge in [0, 0.05) is 17.8 Å². The number of hydrogen-bond donors (Lipinski definition) is 2. The van der Waals surface area contributed by atoms with Crippen LogP contribution in [-0.4, -0.2) is 44.3 Å². The molecule has 6 heteroatoms. The Kier molecular flexibility index (Phi) is 8.51. The number of hydrogen-bond acceptors (Lipinski definition) is 4. The molecule has 0 spiro atoms. The van der Waals surface area contributed by atoms with Crippen molar-refractivity contribution in [1.29, 1.82) is 0 Å². The molecule has 0 heterocycles. The molecule has 0 fully saturated rings. The van der Waals surface area contributed by atoms with Crippen LogP contribution in [0.15, 0.2) is 0 Å². The van der Waals surface area contributed by atoms with Gasteiger partial charge in [-0.15, -0.1) is 0 Å². The highest BCUT2D eigenvalue weighted by Gasteiger charge is 2.28.